The van der Waals surface area contributed by atoms with Crippen LogP contribution >= 0.6 is 10.7 Å². The minimum absolute atomic E-state index is 0.181. The van der Waals surface area contributed by atoms with Gasteiger partial charge >= 0.3 is 0 Å². The maximum absolute atomic E-state index is 3.91. The maximum Gasteiger partial charge on any atom is 0.179 e. The summed E-state index contributed by atoms with van der Waals surface area (Å²) in [5.41, 5.74) is 1.63. The molecular formula is C15H24NS+. The standard InChI is InChI=1S/C15H24NS/c1-3-8-15-14(11-12-17(15)16-4-2)13-9-6-5-7-10-13/h3,11-13,16H,1,4-10H2,2H3/q+1. The van der Waals surface area contributed by atoms with Crippen LogP contribution in [0.25, 0.3) is 0 Å². The molecule has 0 aliphatic heterocycles. The Balaban J connectivity index is 2.21. The van der Waals surface area contributed by atoms with Crippen molar-refractivity contribution in [2.75, 3.05) is 11.3 Å². The van der Waals surface area contributed by atoms with Crippen molar-refractivity contribution in [1.82, 2.24) is 0 Å². The predicted molar refractivity (Wildman–Crippen MR) is 78.5 cm³/mol. The van der Waals surface area contributed by atoms with Crippen LogP contribution in [0.3, 0.4) is 0 Å². The molecule has 2 heteroatoms. The Bertz CT molecular complexity index is 361. The summed E-state index contributed by atoms with van der Waals surface area (Å²) in [6, 6.07) is 2.39. The van der Waals surface area contributed by atoms with Gasteiger partial charge in [0.05, 0.1) is 10.7 Å². The van der Waals surface area contributed by atoms with Crippen molar-refractivity contribution < 1.29 is 0 Å². The largest absolute Gasteiger partial charge is 0.179 e. The molecule has 1 aliphatic carbocycles. The SMILES string of the molecule is C=CCc1c(C2CCCCC2)cc[s+]1NCC. The average Bonchev–Trinajstić information content (AvgIpc) is 2.75. The van der Waals surface area contributed by atoms with Crippen LogP contribution in [0.1, 0.15) is 55.4 Å². The Morgan fingerprint density at radius 3 is 2.82 bits per heavy atom. The van der Waals surface area contributed by atoms with E-state index in [1.54, 1.807) is 10.4 Å². The summed E-state index contributed by atoms with van der Waals surface area (Å²) in [4.78, 5) is 1.61. The van der Waals surface area contributed by atoms with E-state index in [9.17, 15) is 0 Å². The van der Waals surface area contributed by atoms with Gasteiger partial charge in [-0.1, -0.05) is 25.3 Å². The third-order valence-electron chi connectivity index (χ3n) is 3.65. The molecule has 0 aromatic carbocycles. The summed E-state index contributed by atoms with van der Waals surface area (Å²) in [5.74, 6) is 0.825. The smallest absolute Gasteiger partial charge is 0.118 e. The van der Waals surface area contributed by atoms with Crippen molar-refractivity contribution in [3.05, 3.63) is 34.5 Å². The number of thiophene rings is 1. The van der Waals surface area contributed by atoms with Crippen LogP contribution in [0.4, 0.5) is 0 Å². The molecule has 1 N–H and O–H groups in total. The molecule has 17 heavy (non-hydrogen) atoms. The molecule has 1 unspecified atom stereocenters. The summed E-state index contributed by atoms with van der Waals surface area (Å²) < 4.78 is 3.58. The van der Waals surface area contributed by atoms with E-state index >= 15 is 0 Å². The second-order valence-electron chi connectivity index (χ2n) is 4.84. The van der Waals surface area contributed by atoms with Gasteiger partial charge < -0.3 is 0 Å². The van der Waals surface area contributed by atoms with Gasteiger partial charge in [-0.15, -0.1) is 11.3 Å². The van der Waals surface area contributed by atoms with Gasteiger partial charge in [0.2, 0.25) is 0 Å². The second kappa shape index (κ2) is 6.36. The van der Waals surface area contributed by atoms with Crippen molar-refractivity contribution in [3.63, 3.8) is 0 Å². The number of nitrogens with one attached hydrogen (secondary N) is 1. The highest BCUT2D eigenvalue weighted by molar-refractivity contribution is 7.31. The lowest BCUT2D eigenvalue weighted by molar-refractivity contribution is 0.443. The Morgan fingerprint density at radius 1 is 1.41 bits per heavy atom. The van der Waals surface area contributed by atoms with E-state index in [1.807, 2.05) is 0 Å². The summed E-state index contributed by atoms with van der Waals surface area (Å²) in [7, 11) is 0.181. The Morgan fingerprint density at radius 2 is 2.18 bits per heavy atom. The van der Waals surface area contributed by atoms with Gasteiger partial charge in [0, 0.05) is 24.6 Å². The zero-order valence-corrected chi connectivity index (χ0v) is 11.7. The van der Waals surface area contributed by atoms with Gasteiger partial charge in [-0.3, -0.25) is 0 Å². The van der Waals surface area contributed by atoms with Crippen LogP contribution in [0.2, 0.25) is 0 Å². The fourth-order valence-corrected chi connectivity index (χ4v) is 4.66. The van der Waals surface area contributed by atoms with E-state index in [0.29, 0.717) is 0 Å². The molecule has 1 fully saturated rings. The van der Waals surface area contributed by atoms with Crippen molar-refractivity contribution in [1.29, 1.82) is 0 Å². The zero-order chi connectivity index (χ0) is 12.1. The third kappa shape index (κ3) is 2.99. The molecule has 1 atom stereocenters. The molecule has 0 amide bonds. The molecule has 1 aromatic rings. The molecule has 1 nitrogen and oxygen atoms in total. The van der Waals surface area contributed by atoms with Crippen molar-refractivity contribution in [3.8, 4) is 0 Å². The van der Waals surface area contributed by atoms with Crippen LogP contribution in [0, 0.1) is 0 Å². The van der Waals surface area contributed by atoms with Gasteiger partial charge in [0.1, 0.15) is 0 Å². The van der Waals surface area contributed by atoms with E-state index in [1.165, 1.54) is 32.1 Å². The fraction of sp³-hybridized carbons (Fsp3) is 0.600. The molecule has 1 saturated carbocycles. The first-order valence-electron chi connectivity index (χ1n) is 6.85. The van der Waals surface area contributed by atoms with Gasteiger partial charge in [0.15, 0.2) is 10.3 Å². The maximum atomic E-state index is 3.91. The van der Waals surface area contributed by atoms with Gasteiger partial charge in [0.25, 0.3) is 0 Å². The molecule has 0 spiro atoms. The average molecular weight is 250 g/mol. The fourth-order valence-electron chi connectivity index (χ4n) is 2.85. The lowest BCUT2D eigenvalue weighted by Gasteiger charge is -2.20. The number of hydrogen-bond donors (Lipinski definition) is 1. The molecule has 1 heterocycles. The second-order valence-corrected chi connectivity index (χ2v) is 6.57. The molecule has 94 valence electrons. The summed E-state index contributed by atoms with van der Waals surface area (Å²) in [6.45, 7) is 7.15. The van der Waals surface area contributed by atoms with E-state index in [-0.39, 0.29) is 10.7 Å². The number of hydrogen-bond acceptors (Lipinski definition) is 1. The van der Waals surface area contributed by atoms with Crippen LogP contribution in [-0.4, -0.2) is 6.54 Å². The number of allylic oxidation sites excluding steroid dienone is 1. The van der Waals surface area contributed by atoms with E-state index in [2.05, 4.69) is 35.7 Å². The van der Waals surface area contributed by atoms with Crippen LogP contribution < -0.4 is 4.72 Å². The van der Waals surface area contributed by atoms with E-state index in [4.69, 9.17) is 0 Å². The van der Waals surface area contributed by atoms with Gasteiger partial charge in [-0.2, -0.15) is 0 Å². The van der Waals surface area contributed by atoms with Crippen molar-refractivity contribution >= 4 is 10.7 Å². The Hall–Kier alpha value is -0.600. The predicted octanol–water partition coefficient (Wildman–Crippen LogP) is 4.78. The first-order chi connectivity index (χ1) is 8.36. The Kier molecular flexibility index (Phi) is 4.81. The lowest BCUT2D eigenvalue weighted by Crippen LogP contribution is -2.06. The molecule has 1 aliphatic rings. The molecular weight excluding hydrogens is 226 g/mol. The Labute approximate surface area is 108 Å². The molecule has 2 rings (SSSR count). The minimum atomic E-state index is 0.181. The summed E-state index contributed by atoms with van der Waals surface area (Å²) >= 11 is 0. The first kappa shape index (κ1) is 12.8. The normalized spacial score (nSPS) is 18.3. The van der Waals surface area contributed by atoms with Crippen LogP contribution in [0.5, 0.6) is 0 Å². The monoisotopic (exact) mass is 250 g/mol. The van der Waals surface area contributed by atoms with Crippen LogP contribution in [0.15, 0.2) is 24.1 Å². The molecule has 0 bridgehead atoms. The van der Waals surface area contributed by atoms with Crippen molar-refractivity contribution in [2.24, 2.45) is 0 Å². The van der Waals surface area contributed by atoms with E-state index < -0.39 is 0 Å². The third-order valence-corrected chi connectivity index (χ3v) is 5.59. The van der Waals surface area contributed by atoms with Crippen LogP contribution in [-0.2, 0) is 6.42 Å². The van der Waals surface area contributed by atoms with Gasteiger partial charge in [-0.05, 0) is 25.7 Å². The zero-order valence-electron chi connectivity index (χ0n) is 10.9. The molecule has 0 saturated heterocycles. The minimum Gasteiger partial charge on any atom is -0.118 e. The topological polar surface area (TPSA) is 12.0 Å². The highest BCUT2D eigenvalue weighted by Crippen LogP contribution is 2.39. The summed E-state index contributed by atoms with van der Waals surface area (Å²) in [5, 5.41) is 2.37. The highest BCUT2D eigenvalue weighted by atomic mass is 32.2. The first-order valence-corrected chi connectivity index (χ1v) is 8.14. The van der Waals surface area contributed by atoms with E-state index in [0.717, 1.165) is 18.9 Å². The molecule has 1 aromatic heterocycles. The lowest BCUT2D eigenvalue weighted by atomic mass is 9.84. The van der Waals surface area contributed by atoms with Crippen molar-refractivity contribution in [2.45, 2.75) is 51.4 Å². The highest BCUT2D eigenvalue weighted by Gasteiger charge is 2.25. The molecule has 0 radical (unpaired) electrons. The number of rotatable bonds is 5. The quantitative estimate of drug-likeness (QED) is 0.586. The van der Waals surface area contributed by atoms with Gasteiger partial charge in [-0.25, -0.2) is 0 Å². The summed E-state index contributed by atoms with van der Waals surface area (Å²) in [6.07, 6.45) is 10.2.